The van der Waals surface area contributed by atoms with Crippen molar-refractivity contribution in [2.45, 2.75) is 6.54 Å². The zero-order valence-corrected chi connectivity index (χ0v) is 14.3. The van der Waals surface area contributed by atoms with Gasteiger partial charge in [-0.05, 0) is 17.7 Å². The molecule has 0 saturated carbocycles. The molecule has 1 amide bonds. The highest BCUT2D eigenvalue weighted by atomic mass is 35.5. The second-order valence-corrected chi connectivity index (χ2v) is 5.96. The molecule has 1 aliphatic heterocycles. The molecule has 2 rings (SSSR count). The van der Waals surface area contributed by atoms with Crippen LogP contribution >= 0.6 is 11.6 Å². The van der Waals surface area contributed by atoms with E-state index >= 15 is 0 Å². The molecule has 6 nitrogen and oxygen atoms in total. The van der Waals surface area contributed by atoms with Crippen molar-refractivity contribution >= 4 is 17.5 Å². The van der Waals surface area contributed by atoms with Crippen LogP contribution in [0.15, 0.2) is 36.0 Å². The number of rotatable bonds is 7. The quantitative estimate of drug-likeness (QED) is 0.503. The zero-order chi connectivity index (χ0) is 17.2. The largest absolute Gasteiger partial charge is 0.386 e. The first kappa shape index (κ1) is 18.3. The lowest BCUT2D eigenvalue weighted by Crippen LogP contribution is -2.46. The number of halogens is 1. The molecule has 3 N–H and O–H groups in total. The van der Waals surface area contributed by atoms with E-state index in [4.69, 9.17) is 16.9 Å². The molecule has 128 valence electrons. The minimum atomic E-state index is -0.355. The predicted octanol–water partition coefficient (Wildman–Crippen LogP) is 0.858. The maximum atomic E-state index is 12.0. The Morgan fingerprint density at radius 2 is 2.21 bits per heavy atom. The lowest BCUT2D eigenvalue weighted by atomic mass is 10.2. The predicted molar refractivity (Wildman–Crippen MR) is 94.3 cm³/mol. The number of nitrogens with zero attached hydrogens (tertiary/aromatic N) is 2. The summed E-state index contributed by atoms with van der Waals surface area (Å²) in [7, 11) is 0. The summed E-state index contributed by atoms with van der Waals surface area (Å²) in [6, 6.07) is 9.34. The minimum absolute atomic E-state index is 0.0670. The summed E-state index contributed by atoms with van der Waals surface area (Å²) in [6.07, 6.45) is 1.45. The van der Waals surface area contributed by atoms with E-state index in [1.807, 2.05) is 24.3 Å². The summed E-state index contributed by atoms with van der Waals surface area (Å²) in [5, 5.41) is 18.8. The highest BCUT2D eigenvalue weighted by Crippen LogP contribution is 2.10. The van der Waals surface area contributed by atoms with E-state index in [1.54, 1.807) is 6.07 Å². The molecule has 7 heteroatoms. The summed E-state index contributed by atoms with van der Waals surface area (Å²) in [4.78, 5) is 14.3. The molecule has 1 aromatic carbocycles. The van der Waals surface area contributed by atoms with Gasteiger partial charge < -0.3 is 16.0 Å². The second kappa shape index (κ2) is 9.93. The van der Waals surface area contributed by atoms with Gasteiger partial charge in [-0.3, -0.25) is 9.69 Å². The van der Waals surface area contributed by atoms with Gasteiger partial charge in [0.2, 0.25) is 0 Å². The Bertz CT molecular complexity index is 620. The number of piperazine rings is 1. The number of amides is 1. The van der Waals surface area contributed by atoms with Crippen molar-refractivity contribution in [3.8, 4) is 6.07 Å². The molecule has 0 unspecified atom stereocenters. The standard InChI is InChI=1S/C17H22ClN5O/c18-16-3-1-2-14(10-16)12-21-13-15(11-19)17(24)22-6-9-23-7-4-20-5-8-23/h1-3,10,13,20-21H,4-9,12H2,(H,22,24)/b15-13-. The van der Waals surface area contributed by atoms with Gasteiger partial charge in [-0.25, -0.2) is 0 Å². The molecule has 1 aliphatic rings. The van der Waals surface area contributed by atoms with Crippen molar-refractivity contribution in [2.24, 2.45) is 0 Å². The van der Waals surface area contributed by atoms with Gasteiger partial charge in [-0.1, -0.05) is 23.7 Å². The number of hydrogen-bond donors (Lipinski definition) is 3. The monoisotopic (exact) mass is 347 g/mol. The number of carbonyl (C=O) groups excluding carboxylic acids is 1. The van der Waals surface area contributed by atoms with Crippen molar-refractivity contribution in [1.82, 2.24) is 20.9 Å². The van der Waals surface area contributed by atoms with Crippen molar-refractivity contribution in [3.05, 3.63) is 46.6 Å². The molecule has 0 bridgehead atoms. The fourth-order valence-corrected chi connectivity index (χ4v) is 2.64. The molecule has 24 heavy (non-hydrogen) atoms. The van der Waals surface area contributed by atoms with Gasteiger partial charge in [0.1, 0.15) is 11.6 Å². The Morgan fingerprint density at radius 3 is 2.92 bits per heavy atom. The normalized spacial score (nSPS) is 15.6. The summed E-state index contributed by atoms with van der Waals surface area (Å²) in [5.74, 6) is -0.355. The van der Waals surface area contributed by atoms with Crippen molar-refractivity contribution in [1.29, 1.82) is 5.26 Å². The topological polar surface area (TPSA) is 80.2 Å². The second-order valence-electron chi connectivity index (χ2n) is 5.53. The van der Waals surface area contributed by atoms with Crippen LogP contribution in [0, 0.1) is 11.3 Å². The SMILES string of the molecule is N#C/C(=C/NCc1cccc(Cl)c1)C(=O)NCCN1CCNCC1. The fraction of sp³-hybridized carbons (Fsp3) is 0.412. The van der Waals surface area contributed by atoms with Crippen LogP contribution in [-0.4, -0.2) is 50.1 Å². The average molecular weight is 348 g/mol. The summed E-state index contributed by atoms with van der Waals surface area (Å²) < 4.78 is 0. The molecule has 0 atom stereocenters. The molecule has 1 saturated heterocycles. The van der Waals surface area contributed by atoms with Crippen molar-refractivity contribution < 1.29 is 4.79 Å². The number of nitriles is 1. The van der Waals surface area contributed by atoms with Gasteiger partial charge in [-0.2, -0.15) is 5.26 Å². The molecule has 1 heterocycles. The first-order valence-electron chi connectivity index (χ1n) is 7.98. The molecule has 1 fully saturated rings. The van der Waals surface area contributed by atoms with E-state index in [0.717, 1.165) is 38.3 Å². The summed E-state index contributed by atoms with van der Waals surface area (Å²) in [5.41, 5.74) is 1.05. The van der Waals surface area contributed by atoms with Gasteiger partial charge in [0.05, 0.1) is 0 Å². The van der Waals surface area contributed by atoms with E-state index in [2.05, 4.69) is 20.9 Å². The third kappa shape index (κ3) is 6.20. The lowest BCUT2D eigenvalue weighted by molar-refractivity contribution is -0.117. The van der Waals surface area contributed by atoms with E-state index < -0.39 is 0 Å². The van der Waals surface area contributed by atoms with Crippen LogP contribution in [0.5, 0.6) is 0 Å². The Kier molecular flexibility index (Phi) is 7.56. The third-order valence-electron chi connectivity index (χ3n) is 3.73. The molecular weight excluding hydrogens is 326 g/mol. The Morgan fingerprint density at radius 1 is 1.42 bits per heavy atom. The summed E-state index contributed by atoms with van der Waals surface area (Å²) in [6.45, 7) is 5.75. The molecule has 0 spiro atoms. The van der Waals surface area contributed by atoms with Gasteiger partial charge >= 0.3 is 0 Å². The lowest BCUT2D eigenvalue weighted by Gasteiger charge is -2.27. The first-order valence-corrected chi connectivity index (χ1v) is 8.36. The maximum Gasteiger partial charge on any atom is 0.263 e. The molecule has 0 radical (unpaired) electrons. The molecule has 0 aromatic heterocycles. The average Bonchev–Trinajstić information content (AvgIpc) is 2.59. The van der Waals surface area contributed by atoms with Crippen LogP contribution < -0.4 is 16.0 Å². The highest BCUT2D eigenvalue weighted by Gasteiger charge is 2.11. The first-order chi connectivity index (χ1) is 11.7. The van der Waals surface area contributed by atoms with E-state index in [1.165, 1.54) is 6.20 Å². The van der Waals surface area contributed by atoms with Crippen LogP contribution in [0.1, 0.15) is 5.56 Å². The van der Waals surface area contributed by atoms with E-state index in [9.17, 15) is 4.79 Å². The van der Waals surface area contributed by atoms with Crippen LogP contribution in [-0.2, 0) is 11.3 Å². The zero-order valence-electron chi connectivity index (χ0n) is 13.5. The Hall–Kier alpha value is -2.07. The smallest absolute Gasteiger partial charge is 0.263 e. The van der Waals surface area contributed by atoms with Crippen LogP contribution in [0.25, 0.3) is 0 Å². The molecule has 0 aliphatic carbocycles. The van der Waals surface area contributed by atoms with Gasteiger partial charge in [0, 0.05) is 57.0 Å². The minimum Gasteiger partial charge on any atom is -0.386 e. The van der Waals surface area contributed by atoms with Crippen LogP contribution in [0.3, 0.4) is 0 Å². The number of benzene rings is 1. The van der Waals surface area contributed by atoms with Crippen LogP contribution in [0.2, 0.25) is 5.02 Å². The Balaban J connectivity index is 1.74. The number of hydrogen-bond acceptors (Lipinski definition) is 5. The third-order valence-corrected chi connectivity index (χ3v) is 3.96. The fourth-order valence-electron chi connectivity index (χ4n) is 2.42. The highest BCUT2D eigenvalue weighted by molar-refractivity contribution is 6.30. The van der Waals surface area contributed by atoms with Crippen LogP contribution in [0.4, 0.5) is 0 Å². The van der Waals surface area contributed by atoms with Gasteiger partial charge in [0.15, 0.2) is 0 Å². The Labute approximate surface area is 147 Å². The van der Waals surface area contributed by atoms with Crippen molar-refractivity contribution in [2.75, 3.05) is 39.3 Å². The van der Waals surface area contributed by atoms with Gasteiger partial charge in [-0.15, -0.1) is 0 Å². The van der Waals surface area contributed by atoms with E-state index in [0.29, 0.717) is 18.1 Å². The van der Waals surface area contributed by atoms with E-state index in [-0.39, 0.29) is 11.5 Å². The van der Waals surface area contributed by atoms with Gasteiger partial charge in [0.25, 0.3) is 5.91 Å². The molecule has 1 aromatic rings. The molecular formula is C17H22ClN5O. The maximum absolute atomic E-state index is 12.0. The summed E-state index contributed by atoms with van der Waals surface area (Å²) >= 11 is 5.92. The number of carbonyl (C=O) groups is 1. The number of nitrogens with one attached hydrogen (secondary N) is 3. The van der Waals surface area contributed by atoms with Crippen molar-refractivity contribution in [3.63, 3.8) is 0 Å².